The fourth-order valence-corrected chi connectivity index (χ4v) is 4.15. The summed E-state index contributed by atoms with van der Waals surface area (Å²) in [5.74, 6) is 0.473. The monoisotopic (exact) mass is 453 g/mol. The van der Waals surface area contributed by atoms with E-state index in [1.54, 1.807) is 36.5 Å². The number of carbonyl (C=O) groups is 1. The van der Waals surface area contributed by atoms with E-state index in [0.29, 0.717) is 23.4 Å². The van der Waals surface area contributed by atoms with Crippen LogP contribution in [0.1, 0.15) is 59.2 Å². The predicted octanol–water partition coefficient (Wildman–Crippen LogP) is 6.50. The van der Waals surface area contributed by atoms with Crippen molar-refractivity contribution in [1.82, 2.24) is 10.3 Å². The maximum absolute atomic E-state index is 13.0. The molecule has 4 nitrogen and oxygen atoms in total. The van der Waals surface area contributed by atoms with Crippen LogP contribution in [-0.2, 0) is 12.6 Å². The Bertz CT molecular complexity index is 1110. The largest absolute Gasteiger partial charge is 0.416 e. The third-order valence-corrected chi connectivity index (χ3v) is 5.82. The van der Waals surface area contributed by atoms with Gasteiger partial charge in [-0.05, 0) is 66.8 Å². The molecule has 33 heavy (non-hydrogen) atoms. The third kappa shape index (κ3) is 6.34. The fourth-order valence-electron chi connectivity index (χ4n) is 4.15. The predicted molar refractivity (Wildman–Crippen MR) is 123 cm³/mol. The quantitative estimate of drug-likeness (QED) is 0.448. The normalized spacial score (nSPS) is 14.6. The molecule has 0 atom stereocenters. The van der Waals surface area contributed by atoms with Gasteiger partial charge in [-0.1, -0.05) is 43.5 Å². The van der Waals surface area contributed by atoms with Crippen LogP contribution in [0, 0.1) is 0 Å². The fraction of sp³-hybridized carbons (Fsp3) is 0.308. The summed E-state index contributed by atoms with van der Waals surface area (Å²) in [5, 5.41) is 6.31. The number of carbonyl (C=O) groups excluding carboxylic acids is 1. The molecule has 2 N–H and O–H groups in total. The number of aromatic nitrogens is 1. The molecule has 1 saturated carbocycles. The minimum absolute atomic E-state index is 0.0863. The molecule has 2 aromatic carbocycles. The van der Waals surface area contributed by atoms with Crippen molar-refractivity contribution in [3.8, 4) is 0 Å². The minimum Gasteiger partial charge on any atom is -0.349 e. The van der Waals surface area contributed by atoms with Gasteiger partial charge in [0.2, 0.25) is 0 Å². The number of hydrogen-bond acceptors (Lipinski definition) is 3. The maximum atomic E-state index is 13.0. The SMILES string of the molecule is O=C(NC1CCCCC1)c1cccc(Nc2cc(Cc3cccc(C(F)(F)F)c3)ccn2)c1. The summed E-state index contributed by atoms with van der Waals surface area (Å²) in [6.45, 7) is 0. The Morgan fingerprint density at radius 2 is 1.70 bits per heavy atom. The lowest BCUT2D eigenvalue weighted by Gasteiger charge is -2.22. The highest BCUT2D eigenvalue weighted by atomic mass is 19.4. The first-order valence-electron chi connectivity index (χ1n) is 11.2. The number of amides is 1. The van der Waals surface area contributed by atoms with Gasteiger partial charge < -0.3 is 10.6 Å². The molecule has 172 valence electrons. The average Bonchev–Trinajstić information content (AvgIpc) is 2.80. The molecule has 4 rings (SSSR count). The molecule has 1 aromatic heterocycles. The molecule has 0 spiro atoms. The topological polar surface area (TPSA) is 54.0 Å². The molecule has 0 saturated heterocycles. The molecule has 1 amide bonds. The zero-order valence-electron chi connectivity index (χ0n) is 18.2. The second-order valence-electron chi connectivity index (χ2n) is 8.44. The van der Waals surface area contributed by atoms with Crippen molar-refractivity contribution in [3.63, 3.8) is 0 Å². The van der Waals surface area contributed by atoms with Crippen LogP contribution >= 0.6 is 0 Å². The van der Waals surface area contributed by atoms with Gasteiger partial charge in [-0.3, -0.25) is 4.79 Å². The van der Waals surface area contributed by atoms with Crippen LogP contribution in [-0.4, -0.2) is 16.9 Å². The van der Waals surface area contributed by atoms with Gasteiger partial charge in [0, 0.05) is 23.5 Å². The second-order valence-corrected chi connectivity index (χ2v) is 8.44. The first-order chi connectivity index (χ1) is 15.9. The van der Waals surface area contributed by atoms with Gasteiger partial charge in [-0.15, -0.1) is 0 Å². The lowest BCUT2D eigenvalue weighted by molar-refractivity contribution is -0.137. The Hall–Kier alpha value is -3.35. The average molecular weight is 454 g/mol. The Balaban J connectivity index is 1.43. The van der Waals surface area contributed by atoms with Crippen molar-refractivity contribution in [2.75, 3.05) is 5.32 Å². The molecule has 0 aliphatic heterocycles. The molecule has 0 radical (unpaired) electrons. The van der Waals surface area contributed by atoms with E-state index in [-0.39, 0.29) is 11.9 Å². The molecule has 0 bridgehead atoms. The maximum Gasteiger partial charge on any atom is 0.416 e. The van der Waals surface area contributed by atoms with E-state index in [0.717, 1.165) is 43.0 Å². The number of nitrogens with one attached hydrogen (secondary N) is 2. The lowest BCUT2D eigenvalue weighted by Crippen LogP contribution is -2.36. The van der Waals surface area contributed by atoms with Crippen LogP contribution in [0.5, 0.6) is 0 Å². The highest BCUT2D eigenvalue weighted by molar-refractivity contribution is 5.95. The van der Waals surface area contributed by atoms with Crippen LogP contribution in [0.25, 0.3) is 0 Å². The Morgan fingerprint density at radius 3 is 2.48 bits per heavy atom. The van der Waals surface area contributed by atoms with E-state index in [1.807, 2.05) is 12.1 Å². The first-order valence-corrected chi connectivity index (χ1v) is 11.2. The zero-order chi connectivity index (χ0) is 23.3. The summed E-state index contributed by atoms with van der Waals surface area (Å²) < 4.78 is 39.0. The van der Waals surface area contributed by atoms with Crippen molar-refractivity contribution in [2.45, 2.75) is 50.7 Å². The molecular weight excluding hydrogens is 427 g/mol. The minimum atomic E-state index is -4.37. The number of benzene rings is 2. The van der Waals surface area contributed by atoms with E-state index in [1.165, 1.54) is 18.6 Å². The highest BCUT2D eigenvalue weighted by Crippen LogP contribution is 2.30. The summed E-state index contributed by atoms with van der Waals surface area (Å²) in [5.41, 5.74) is 2.04. The molecule has 1 aliphatic carbocycles. The van der Waals surface area contributed by atoms with Gasteiger partial charge in [0.1, 0.15) is 5.82 Å². The number of pyridine rings is 1. The first kappa shape index (κ1) is 22.8. The van der Waals surface area contributed by atoms with E-state index in [9.17, 15) is 18.0 Å². The highest BCUT2D eigenvalue weighted by Gasteiger charge is 2.30. The number of alkyl halides is 3. The van der Waals surface area contributed by atoms with Crippen molar-refractivity contribution in [1.29, 1.82) is 0 Å². The van der Waals surface area contributed by atoms with Gasteiger partial charge in [-0.2, -0.15) is 13.2 Å². The van der Waals surface area contributed by atoms with Crippen LogP contribution in [0.4, 0.5) is 24.7 Å². The second kappa shape index (κ2) is 10.1. The zero-order valence-corrected chi connectivity index (χ0v) is 18.2. The van der Waals surface area contributed by atoms with Gasteiger partial charge in [0.25, 0.3) is 5.91 Å². The number of anilines is 2. The summed E-state index contributed by atoms with van der Waals surface area (Å²) in [7, 11) is 0. The smallest absolute Gasteiger partial charge is 0.349 e. The molecule has 1 heterocycles. The van der Waals surface area contributed by atoms with E-state index < -0.39 is 11.7 Å². The Labute approximate surface area is 191 Å². The van der Waals surface area contributed by atoms with E-state index >= 15 is 0 Å². The third-order valence-electron chi connectivity index (χ3n) is 5.82. The van der Waals surface area contributed by atoms with Crippen LogP contribution in [0.3, 0.4) is 0 Å². The molecule has 0 unspecified atom stereocenters. The summed E-state index contributed by atoms with van der Waals surface area (Å²) in [6, 6.07) is 16.4. The molecular formula is C26H26F3N3O. The molecule has 3 aromatic rings. The van der Waals surface area contributed by atoms with Gasteiger partial charge >= 0.3 is 6.18 Å². The summed E-state index contributed by atoms with van der Waals surface area (Å²) in [4.78, 5) is 16.9. The number of nitrogens with zero attached hydrogens (tertiary/aromatic N) is 1. The van der Waals surface area contributed by atoms with Crippen LogP contribution in [0.15, 0.2) is 66.9 Å². The van der Waals surface area contributed by atoms with Gasteiger partial charge in [0.05, 0.1) is 5.56 Å². The number of rotatable bonds is 6. The van der Waals surface area contributed by atoms with E-state index in [2.05, 4.69) is 15.6 Å². The summed E-state index contributed by atoms with van der Waals surface area (Å²) >= 11 is 0. The molecule has 1 aliphatic rings. The van der Waals surface area contributed by atoms with Crippen LogP contribution < -0.4 is 10.6 Å². The Kier molecular flexibility index (Phi) is 6.96. The van der Waals surface area contributed by atoms with Gasteiger partial charge in [-0.25, -0.2) is 4.98 Å². The van der Waals surface area contributed by atoms with Crippen molar-refractivity contribution < 1.29 is 18.0 Å². The number of hydrogen-bond donors (Lipinski definition) is 2. The van der Waals surface area contributed by atoms with Crippen molar-refractivity contribution in [3.05, 3.63) is 89.1 Å². The lowest BCUT2D eigenvalue weighted by atomic mass is 9.95. The van der Waals surface area contributed by atoms with Crippen molar-refractivity contribution >= 4 is 17.4 Å². The Morgan fingerprint density at radius 1 is 0.939 bits per heavy atom. The molecule has 1 fully saturated rings. The number of halogens is 3. The summed E-state index contributed by atoms with van der Waals surface area (Å²) in [6.07, 6.45) is 3.17. The van der Waals surface area contributed by atoms with Gasteiger partial charge in [0.15, 0.2) is 0 Å². The van der Waals surface area contributed by atoms with Crippen LogP contribution in [0.2, 0.25) is 0 Å². The van der Waals surface area contributed by atoms with Crippen molar-refractivity contribution in [2.24, 2.45) is 0 Å². The molecule has 7 heteroatoms. The standard InChI is InChI=1S/C26H26F3N3O/c27-26(28,29)21-8-4-6-18(15-21)14-19-12-13-30-24(16-19)31-23-11-5-7-20(17-23)25(33)32-22-9-2-1-3-10-22/h4-8,11-13,15-17,22H,1-3,9-10,14H2,(H,30,31)(H,32,33). The van der Waals surface area contributed by atoms with E-state index in [4.69, 9.17) is 0 Å².